The van der Waals surface area contributed by atoms with E-state index in [9.17, 15) is 8.42 Å². The Bertz CT molecular complexity index is 406. The average molecular weight is 320 g/mol. The number of hydrogen-bond acceptors (Lipinski definition) is 4. The molecule has 0 amide bonds. The molecule has 1 fully saturated rings. The van der Waals surface area contributed by atoms with E-state index in [4.69, 9.17) is 10.5 Å². The van der Waals surface area contributed by atoms with Gasteiger partial charge in [-0.1, -0.05) is 27.2 Å². The van der Waals surface area contributed by atoms with E-state index < -0.39 is 9.84 Å². The van der Waals surface area contributed by atoms with Crippen LogP contribution in [0.1, 0.15) is 52.9 Å². The van der Waals surface area contributed by atoms with Crippen LogP contribution in [-0.2, 0) is 14.6 Å². The molecule has 0 spiro atoms. The van der Waals surface area contributed by atoms with Crippen LogP contribution in [0.25, 0.3) is 0 Å². The summed E-state index contributed by atoms with van der Waals surface area (Å²) in [6.07, 6.45) is 4.49. The lowest BCUT2D eigenvalue weighted by Gasteiger charge is -2.42. The second kappa shape index (κ2) is 7.93. The van der Waals surface area contributed by atoms with Crippen LogP contribution in [0.3, 0.4) is 0 Å². The predicted octanol–water partition coefficient (Wildman–Crippen LogP) is 2.62. The summed E-state index contributed by atoms with van der Waals surface area (Å²) in [5, 5.41) is -0.260. The quantitative estimate of drug-likeness (QED) is 0.698. The number of methoxy groups -OCH3 is 1. The Morgan fingerprint density at radius 3 is 2.48 bits per heavy atom. The fraction of sp³-hybridized carbons (Fsp3) is 1.00. The normalized spacial score (nSPS) is 27.8. The minimum absolute atomic E-state index is 0.126. The number of nitrogens with two attached hydrogens (primary N) is 1. The zero-order chi connectivity index (χ0) is 16.1. The Morgan fingerprint density at radius 2 is 1.95 bits per heavy atom. The Labute approximate surface area is 130 Å². The van der Waals surface area contributed by atoms with Gasteiger partial charge in [-0.2, -0.15) is 0 Å². The summed E-state index contributed by atoms with van der Waals surface area (Å²) < 4.78 is 30.3. The third kappa shape index (κ3) is 4.93. The van der Waals surface area contributed by atoms with Gasteiger partial charge in [-0.25, -0.2) is 8.42 Å². The van der Waals surface area contributed by atoms with Crippen LogP contribution in [0.15, 0.2) is 0 Å². The fourth-order valence-corrected chi connectivity index (χ4v) is 5.64. The second-order valence-corrected chi connectivity index (χ2v) is 9.44. The first-order valence-electron chi connectivity index (χ1n) is 8.19. The molecule has 0 bridgehead atoms. The zero-order valence-electron chi connectivity index (χ0n) is 14.1. The van der Waals surface area contributed by atoms with Crippen molar-refractivity contribution in [3.8, 4) is 0 Å². The van der Waals surface area contributed by atoms with Crippen molar-refractivity contribution in [2.75, 3.05) is 26.0 Å². The van der Waals surface area contributed by atoms with Crippen molar-refractivity contribution in [3.05, 3.63) is 0 Å². The van der Waals surface area contributed by atoms with Crippen LogP contribution in [0.4, 0.5) is 0 Å². The minimum Gasteiger partial charge on any atom is -0.385 e. The molecule has 126 valence electrons. The number of hydrogen-bond donors (Lipinski definition) is 1. The van der Waals surface area contributed by atoms with Gasteiger partial charge < -0.3 is 10.5 Å². The lowest BCUT2D eigenvalue weighted by Crippen LogP contribution is -2.44. The van der Waals surface area contributed by atoms with E-state index in [2.05, 4.69) is 20.8 Å². The van der Waals surface area contributed by atoms with Gasteiger partial charge in [0.15, 0.2) is 9.84 Å². The Hall–Kier alpha value is -0.130. The van der Waals surface area contributed by atoms with Crippen molar-refractivity contribution < 1.29 is 13.2 Å². The summed E-state index contributed by atoms with van der Waals surface area (Å²) in [7, 11) is -1.47. The van der Waals surface area contributed by atoms with E-state index in [1.165, 1.54) is 0 Å². The summed E-state index contributed by atoms with van der Waals surface area (Å²) in [6, 6.07) is 0. The van der Waals surface area contributed by atoms with Crippen LogP contribution in [-0.4, -0.2) is 39.7 Å². The summed E-state index contributed by atoms with van der Waals surface area (Å²) in [6.45, 7) is 7.69. The average Bonchev–Trinajstić information content (AvgIpc) is 2.46. The monoisotopic (exact) mass is 319 g/mol. The standard InChI is InChI=1S/C16H33NO3S/c1-5-16(2,3)14-8-7-13(12-17)15(11-14)21(18,19)10-6-9-20-4/h13-15H,5-12,17H2,1-4H3. The van der Waals surface area contributed by atoms with Gasteiger partial charge in [-0.15, -0.1) is 0 Å². The molecule has 21 heavy (non-hydrogen) atoms. The summed E-state index contributed by atoms with van der Waals surface area (Å²) >= 11 is 0. The smallest absolute Gasteiger partial charge is 0.153 e. The first-order chi connectivity index (χ1) is 9.78. The van der Waals surface area contributed by atoms with Gasteiger partial charge in [0.2, 0.25) is 0 Å². The molecule has 0 aromatic heterocycles. The molecule has 4 nitrogen and oxygen atoms in total. The van der Waals surface area contributed by atoms with Crippen molar-refractivity contribution in [3.63, 3.8) is 0 Å². The summed E-state index contributed by atoms with van der Waals surface area (Å²) in [5.41, 5.74) is 6.05. The van der Waals surface area contributed by atoms with Crippen molar-refractivity contribution in [2.24, 2.45) is 23.0 Å². The molecule has 0 aromatic rings. The lowest BCUT2D eigenvalue weighted by atomic mass is 9.67. The molecule has 3 atom stereocenters. The molecule has 0 saturated heterocycles. The molecule has 3 unspecified atom stereocenters. The lowest BCUT2D eigenvalue weighted by molar-refractivity contribution is 0.132. The van der Waals surface area contributed by atoms with Gasteiger partial charge in [-0.05, 0) is 49.5 Å². The highest BCUT2D eigenvalue weighted by molar-refractivity contribution is 7.92. The highest BCUT2D eigenvalue weighted by atomic mass is 32.2. The van der Waals surface area contributed by atoms with Crippen molar-refractivity contribution in [1.29, 1.82) is 0 Å². The molecule has 0 aliphatic heterocycles. The van der Waals surface area contributed by atoms with Gasteiger partial charge in [0.1, 0.15) is 0 Å². The van der Waals surface area contributed by atoms with Gasteiger partial charge in [-0.3, -0.25) is 0 Å². The number of sulfone groups is 1. The summed E-state index contributed by atoms with van der Waals surface area (Å²) in [4.78, 5) is 0. The summed E-state index contributed by atoms with van der Waals surface area (Å²) in [5.74, 6) is 0.829. The highest BCUT2D eigenvalue weighted by Crippen LogP contribution is 2.44. The minimum atomic E-state index is -3.08. The first-order valence-corrected chi connectivity index (χ1v) is 9.90. The Kier molecular flexibility index (Phi) is 7.14. The van der Waals surface area contributed by atoms with Crippen LogP contribution in [0.2, 0.25) is 0 Å². The fourth-order valence-electron chi connectivity index (χ4n) is 3.46. The number of rotatable bonds is 8. The highest BCUT2D eigenvalue weighted by Gasteiger charge is 2.42. The zero-order valence-corrected chi connectivity index (χ0v) is 14.9. The van der Waals surface area contributed by atoms with Crippen molar-refractivity contribution in [2.45, 2.75) is 58.1 Å². The van der Waals surface area contributed by atoms with E-state index >= 15 is 0 Å². The van der Waals surface area contributed by atoms with Crippen LogP contribution < -0.4 is 5.73 Å². The van der Waals surface area contributed by atoms with E-state index in [1.54, 1.807) is 7.11 Å². The van der Waals surface area contributed by atoms with E-state index in [0.717, 1.165) is 25.7 Å². The van der Waals surface area contributed by atoms with Gasteiger partial charge in [0.25, 0.3) is 0 Å². The second-order valence-electron chi connectivity index (χ2n) is 7.10. The van der Waals surface area contributed by atoms with E-state index in [-0.39, 0.29) is 22.3 Å². The topological polar surface area (TPSA) is 69.4 Å². The molecule has 1 aliphatic carbocycles. The maximum atomic E-state index is 12.7. The van der Waals surface area contributed by atoms with E-state index in [0.29, 0.717) is 25.5 Å². The third-order valence-corrected chi connectivity index (χ3v) is 7.84. The molecular weight excluding hydrogens is 286 g/mol. The third-order valence-electron chi connectivity index (χ3n) is 5.49. The molecule has 0 heterocycles. The molecule has 1 aliphatic rings. The van der Waals surface area contributed by atoms with Gasteiger partial charge in [0.05, 0.1) is 11.0 Å². The van der Waals surface area contributed by atoms with Gasteiger partial charge >= 0.3 is 0 Å². The first kappa shape index (κ1) is 18.9. The maximum absolute atomic E-state index is 12.7. The maximum Gasteiger partial charge on any atom is 0.153 e. The molecule has 0 aromatic carbocycles. The molecule has 1 rings (SSSR count). The Morgan fingerprint density at radius 1 is 1.29 bits per heavy atom. The SMILES string of the molecule is CCC(C)(C)C1CCC(CN)C(S(=O)(=O)CCCOC)C1. The van der Waals surface area contributed by atoms with Crippen molar-refractivity contribution >= 4 is 9.84 Å². The molecule has 0 radical (unpaired) electrons. The Balaban J connectivity index is 2.83. The molecule has 5 heteroatoms. The predicted molar refractivity (Wildman–Crippen MR) is 88.0 cm³/mol. The molecule has 1 saturated carbocycles. The molecular formula is C16H33NO3S. The van der Waals surface area contributed by atoms with Gasteiger partial charge in [0, 0.05) is 13.7 Å². The van der Waals surface area contributed by atoms with Crippen molar-refractivity contribution in [1.82, 2.24) is 0 Å². The number of ether oxygens (including phenoxy) is 1. The van der Waals surface area contributed by atoms with Crippen LogP contribution in [0, 0.1) is 17.3 Å². The van der Waals surface area contributed by atoms with Crippen LogP contribution >= 0.6 is 0 Å². The van der Waals surface area contributed by atoms with Crippen LogP contribution in [0.5, 0.6) is 0 Å². The van der Waals surface area contributed by atoms with E-state index in [1.807, 2.05) is 0 Å². The largest absolute Gasteiger partial charge is 0.385 e. The molecule has 2 N–H and O–H groups in total.